The van der Waals surface area contributed by atoms with Crippen LogP contribution in [0.3, 0.4) is 0 Å². The number of nitrogens with zero attached hydrogens (tertiary/aromatic N) is 3. The van der Waals surface area contributed by atoms with Gasteiger partial charge in [-0.1, -0.05) is 6.07 Å². The number of ether oxygens (including phenoxy) is 2. The lowest BCUT2D eigenvalue weighted by Crippen LogP contribution is -2.45. The molecule has 1 aliphatic rings. The van der Waals surface area contributed by atoms with Gasteiger partial charge in [0, 0.05) is 18.7 Å². The molecule has 6 nitrogen and oxygen atoms in total. The molecule has 1 aliphatic heterocycles. The van der Waals surface area contributed by atoms with Gasteiger partial charge < -0.3 is 19.3 Å². The Labute approximate surface area is 144 Å². The van der Waals surface area contributed by atoms with Crippen LogP contribution in [0.1, 0.15) is 30.1 Å². The zero-order valence-electron chi connectivity index (χ0n) is 15.0. The Kier molecular flexibility index (Phi) is 6.61. The fourth-order valence-electron chi connectivity index (χ4n) is 2.79. The topological polar surface area (TPSA) is 54.4 Å². The van der Waals surface area contributed by atoms with Gasteiger partial charge in [-0.3, -0.25) is 4.79 Å². The highest BCUT2D eigenvalue weighted by atomic mass is 16.5. The van der Waals surface area contributed by atoms with Gasteiger partial charge in [0.1, 0.15) is 5.75 Å². The summed E-state index contributed by atoms with van der Waals surface area (Å²) in [6.45, 7) is 4.45. The highest BCUT2D eigenvalue weighted by molar-refractivity contribution is 6.01. The molecular weight excluding hydrogens is 306 g/mol. The molecule has 2 rings (SSSR count). The summed E-state index contributed by atoms with van der Waals surface area (Å²) >= 11 is 0. The fourth-order valence-corrected chi connectivity index (χ4v) is 2.79. The third-order valence-electron chi connectivity index (χ3n) is 4.32. The Hall–Kier alpha value is -2.08. The van der Waals surface area contributed by atoms with E-state index in [4.69, 9.17) is 9.47 Å². The van der Waals surface area contributed by atoms with Gasteiger partial charge >= 0.3 is 0 Å². The van der Waals surface area contributed by atoms with Gasteiger partial charge in [-0.25, -0.2) is 0 Å². The van der Waals surface area contributed by atoms with Crippen molar-refractivity contribution in [3.05, 3.63) is 29.8 Å². The van der Waals surface area contributed by atoms with E-state index in [-0.39, 0.29) is 5.91 Å². The minimum atomic E-state index is -0.322. The van der Waals surface area contributed by atoms with Crippen molar-refractivity contribution < 1.29 is 14.3 Å². The molecule has 1 aromatic carbocycles. The number of piperidine rings is 1. The molecule has 1 fully saturated rings. The summed E-state index contributed by atoms with van der Waals surface area (Å²) in [6, 6.07) is 7.72. The first-order valence-corrected chi connectivity index (χ1v) is 8.36. The first-order valence-electron chi connectivity index (χ1n) is 8.36. The van der Waals surface area contributed by atoms with Crippen molar-refractivity contribution in [1.29, 1.82) is 0 Å². The number of amidine groups is 1. The summed E-state index contributed by atoms with van der Waals surface area (Å²) in [6.07, 6.45) is 2.07. The van der Waals surface area contributed by atoms with Crippen molar-refractivity contribution >= 4 is 11.9 Å². The van der Waals surface area contributed by atoms with Crippen molar-refractivity contribution in [3.8, 4) is 5.75 Å². The number of benzene rings is 1. The number of carbonyl (C=O) groups is 1. The quantitative estimate of drug-likeness (QED) is 0.625. The van der Waals surface area contributed by atoms with E-state index in [0.717, 1.165) is 25.9 Å². The molecular formula is C18H27N3O3. The first-order chi connectivity index (χ1) is 11.5. The number of carbonyl (C=O) groups excluding carboxylic acids is 1. The molecule has 0 atom stereocenters. The summed E-state index contributed by atoms with van der Waals surface area (Å²) < 4.78 is 10.8. The smallest absolute Gasteiger partial charge is 0.295 e. The molecule has 132 valence electrons. The summed E-state index contributed by atoms with van der Waals surface area (Å²) in [5.41, 5.74) is 0.489. The number of likely N-dealkylation sites (tertiary alicyclic amines) is 1. The average molecular weight is 333 g/mol. The molecule has 1 heterocycles. The Morgan fingerprint density at radius 2 is 2.08 bits per heavy atom. The van der Waals surface area contributed by atoms with E-state index < -0.39 is 0 Å². The zero-order chi connectivity index (χ0) is 17.5. The average Bonchev–Trinajstić information content (AvgIpc) is 2.61. The minimum Gasteiger partial charge on any atom is -0.497 e. The molecule has 0 saturated carbocycles. The third kappa shape index (κ3) is 4.71. The minimum absolute atomic E-state index is 0.322. The Balaban J connectivity index is 2.15. The lowest BCUT2D eigenvalue weighted by molar-refractivity contribution is 0.0989. The number of hydrogen-bond donors (Lipinski definition) is 0. The Morgan fingerprint density at radius 3 is 2.71 bits per heavy atom. The summed E-state index contributed by atoms with van der Waals surface area (Å²) in [7, 11) is 5.65. The van der Waals surface area contributed by atoms with Crippen LogP contribution in [0.25, 0.3) is 0 Å². The predicted octanol–water partition coefficient (Wildman–Crippen LogP) is 2.25. The van der Waals surface area contributed by atoms with Crippen LogP contribution in [0.4, 0.5) is 0 Å². The standard InChI is InChI=1S/C18H27N3O3/c1-5-24-18(21(3)15-9-11-20(2)12-10-15)19-17(22)14-7-6-8-16(13-14)23-4/h6-8,13,15H,5,9-12H2,1-4H3. The van der Waals surface area contributed by atoms with E-state index in [9.17, 15) is 4.79 Å². The van der Waals surface area contributed by atoms with E-state index in [2.05, 4.69) is 16.9 Å². The summed E-state index contributed by atoms with van der Waals surface area (Å²) in [4.78, 5) is 21.0. The molecule has 0 N–H and O–H groups in total. The monoisotopic (exact) mass is 333 g/mol. The second-order valence-corrected chi connectivity index (χ2v) is 6.01. The van der Waals surface area contributed by atoms with Crippen molar-refractivity contribution in [2.75, 3.05) is 40.9 Å². The second kappa shape index (κ2) is 8.68. The van der Waals surface area contributed by atoms with E-state index in [1.54, 1.807) is 31.4 Å². The lowest BCUT2D eigenvalue weighted by atomic mass is 10.0. The van der Waals surface area contributed by atoms with Gasteiger partial charge in [-0.15, -0.1) is 0 Å². The van der Waals surface area contributed by atoms with Crippen LogP contribution in [0.15, 0.2) is 29.3 Å². The van der Waals surface area contributed by atoms with Crippen LogP contribution in [0, 0.1) is 0 Å². The largest absolute Gasteiger partial charge is 0.497 e. The molecule has 0 aliphatic carbocycles. The van der Waals surface area contributed by atoms with Gasteiger partial charge in [0.05, 0.1) is 13.7 Å². The SMILES string of the molecule is CCOC(=NC(=O)c1cccc(OC)c1)N(C)C1CCN(C)CC1. The number of hydrogen-bond acceptors (Lipinski definition) is 4. The molecule has 0 radical (unpaired) electrons. The maximum atomic E-state index is 12.5. The zero-order valence-corrected chi connectivity index (χ0v) is 15.0. The van der Waals surface area contributed by atoms with Gasteiger partial charge in [0.15, 0.2) is 0 Å². The number of amides is 1. The summed E-state index contributed by atoms with van der Waals surface area (Å²) in [5, 5.41) is 0. The number of methoxy groups -OCH3 is 1. The van der Waals surface area contributed by atoms with E-state index >= 15 is 0 Å². The molecule has 1 saturated heterocycles. The Bertz CT molecular complexity index is 581. The summed E-state index contributed by atoms with van der Waals surface area (Å²) in [5.74, 6) is 0.315. The predicted molar refractivity (Wildman–Crippen MR) is 94.7 cm³/mol. The van der Waals surface area contributed by atoms with Gasteiger partial charge in [-0.2, -0.15) is 4.99 Å². The molecule has 24 heavy (non-hydrogen) atoms. The fraction of sp³-hybridized carbons (Fsp3) is 0.556. The van der Waals surface area contributed by atoms with E-state index in [1.165, 1.54) is 0 Å². The van der Waals surface area contributed by atoms with Gasteiger partial charge in [-0.05, 0) is 58.1 Å². The molecule has 0 spiro atoms. The van der Waals surface area contributed by atoms with E-state index in [1.807, 2.05) is 18.9 Å². The van der Waals surface area contributed by atoms with Crippen molar-refractivity contribution in [2.24, 2.45) is 4.99 Å². The van der Waals surface area contributed by atoms with Gasteiger partial charge in [0.2, 0.25) is 0 Å². The van der Waals surface area contributed by atoms with Crippen molar-refractivity contribution in [2.45, 2.75) is 25.8 Å². The molecule has 0 unspecified atom stereocenters. The highest BCUT2D eigenvalue weighted by Crippen LogP contribution is 2.17. The normalized spacial score (nSPS) is 16.8. The van der Waals surface area contributed by atoms with Crippen LogP contribution in [-0.4, -0.2) is 68.7 Å². The lowest BCUT2D eigenvalue weighted by Gasteiger charge is -2.35. The van der Waals surface area contributed by atoms with Crippen molar-refractivity contribution in [1.82, 2.24) is 9.80 Å². The molecule has 0 bridgehead atoms. The van der Waals surface area contributed by atoms with Crippen LogP contribution >= 0.6 is 0 Å². The molecule has 6 heteroatoms. The number of aliphatic imine (C=N–C) groups is 1. The van der Waals surface area contributed by atoms with Gasteiger partial charge in [0.25, 0.3) is 11.9 Å². The highest BCUT2D eigenvalue weighted by Gasteiger charge is 2.24. The number of rotatable bonds is 4. The molecule has 1 aromatic rings. The molecule has 0 aromatic heterocycles. The van der Waals surface area contributed by atoms with Crippen LogP contribution in [-0.2, 0) is 4.74 Å². The maximum absolute atomic E-state index is 12.5. The first kappa shape index (κ1) is 18.3. The van der Waals surface area contributed by atoms with Crippen LogP contribution in [0.2, 0.25) is 0 Å². The third-order valence-corrected chi connectivity index (χ3v) is 4.32. The maximum Gasteiger partial charge on any atom is 0.295 e. The molecule has 1 amide bonds. The Morgan fingerprint density at radius 1 is 1.38 bits per heavy atom. The van der Waals surface area contributed by atoms with Crippen LogP contribution in [0.5, 0.6) is 5.75 Å². The second-order valence-electron chi connectivity index (χ2n) is 6.01. The van der Waals surface area contributed by atoms with Crippen LogP contribution < -0.4 is 4.74 Å². The van der Waals surface area contributed by atoms with Crippen molar-refractivity contribution in [3.63, 3.8) is 0 Å². The van der Waals surface area contributed by atoms with E-state index in [0.29, 0.717) is 30.0 Å².